The van der Waals surface area contributed by atoms with Gasteiger partial charge in [0.1, 0.15) is 0 Å². The molecular weight excluding hydrogens is 516 g/mol. The van der Waals surface area contributed by atoms with E-state index in [1.54, 1.807) is 0 Å². The Bertz CT molecular complexity index is 530. The summed E-state index contributed by atoms with van der Waals surface area (Å²) in [6.45, 7) is 9.22. The largest absolute Gasteiger partial charge is 6.00 e. The Morgan fingerprint density at radius 1 is 0.560 bits per heavy atom. The molecule has 0 unspecified atom stereocenters. The van der Waals surface area contributed by atoms with Crippen molar-refractivity contribution in [2.75, 3.05) is 26.7 Å². The van der Waals surface area contributed by atoms with E-state index in [0.29, 0.717) is 0 Å². The number of rotatable bonds is 2. The maximum atomic E-state index is 2.31. The van der Waals surface area contributed by atoms with Crippen LogP contribution >= 0.6 is 15.8 Å². The second kappa shape index (κ2) is 16.7. The van der Waals surface area contributed by atoms with Crippen LogP contribution in [0.5, 0.6) is 0 Å². The number of hydrogen-bond donors (Lipinski definition) is 0. The van der Waals surface area contributed by atoms with E-state index < -0.39 is 0 Å². The quantitative estimate of drug-likeness (QED) is 0.296. The van der Waals surface area contributed by atoms with Gasteiger partial charge in [-0.3, -0.25) is 0 Å². The molecule has 0 aliphatic heterocycles. The minimum Gasteiger partial charge on any atom is -0.358 e. The van der Waals surface area contributed by atoms with Gasteiger partial charge < -0.3 is 7.43 Å². The van der Waals surface area contributed by atoms with Crippen LogP contribution in [0.2, 0.25) is 0 Å². The molecule has 3 aromatic rings. The van der Waals surface area contributed by atoms with Crippen molar-refractivity contribution < 1.29 is 19.8 Å². The first-order chi connectivity index (χ1) is 11.1. The third kappa shape index (κ3) is 13.2. The Labute approximate surface area is 171 Å². The van der Waals surface area contributed by atoms with Gasteiger partial charge in [-0.25, -0.2) is 12.1 Å². The molecule has 0 amide bonds. The van der Waals surface area contributed by atoms with E-state index >= 15 is 0 Å². The van der Waals surface area contributed by atoms with Crippen LogP contribution in [0.25, 0.3) is 0 Å². The fourth-order valence-corrected chi connectivity index (χ4v) is 3.58. The van der Waals surface area contributed by atoms with E-state index in [9.17, 15) is 0 Å². The molecule has 0 radical (unpaired) electrons. The summed E-state index contributed by atoms with van der Waals surface area (Å²) >= 11 is 0. The number of hydrogen-bond acceptors (Lipinski definition) is 0. The van der Waals surface area contributed by atoms with E-state index in [1.807, 2.05) is 30.3 Å². The second-order valence-corrected chi connectivity index (χ2v) is 10.8. The van der Waals surface area contributed by atoms with Crippen molar-refractivity contribution in [1.82, 2.24) is 0 Å². The molecule has 0 saturated heterocycles. The zero-order chi connectivity index (χ0) is 16.9. The minimum atomic E-state index is -0.212. The van der Waals surface area contributed by atoms with Gasteiger partial charge in [0.05, 0.1) is 37.3 Å². The third-order valence-electron chi connectivity index (χ3n) is 3.26. The molecule has 3 rings (SSSR count). The molecule has 0 bridgehead atoms. The molecule has 0 N–H and O–H groups in total. The van der Waals surface area contributed by atoms with E-state index in [4.69, 9.17) is 0 Å². The Kier molecular flexibility index (Phi) is 17.8. The van der Waals surface area contributed by atoms with Crippen molar-refractivity contribution in [2.24, 2.45) is 0 Å². The van der Waals surface area contributed by atoms with Gasteiger partial charge in [-0.2, -0.15) is 18.2 Å². The molecular formula is C22H32OsP2+6. The molecule has 0 aliphatic carbocycles. The molecule has 0 saturated carbocycles. The van der Waals surface area contributed by atoms with Crippen molar-refractivity contribution in [1.29, 1.82) is 0 Å². The zero-order valence-electron chi connectivity index (χ0n) is 16.0. The topological polar surface area (TPSA) is 0 Å². The zero-order valence-corrected chi connectivity index (χ0v) is 20.6. The van der Waals surface area contributed by atoms with Crippen LogP contribution in [-0.2, 0) is 19.8 Å². The van der Waals surface area contributed by atoms with Crippen LogP contribution in [-0.4, -0.2) is 26.7 Å². The van der Waals surface area contributed by atoms with Crippen molar-refractivity contribution >= 4 is 26.5 Å². The van der Waals surface area contributed by atoms with Gasteiger partial charge in [-0.1, -0.05) is 36.4 Å². The van der Waals surface area contributed by atoms with E-state index in [1.165, 1.54) is 10.6 Å². The summed E-state index contributed by atoms with van der Waals surface area (Å²) in [4.78, 5) is 0. The average molecular weight is 549 g/mol. The summed E-state index contributed by atoms with van der Waals surface area (Å²) in [6.07, 6.45) is 0. The van der Waals surface area contributed by atoms with E-state index in [2.05, 4.69) is 87.3 Å². The van der Waals surface area contributed by atoms with Gasteiger partial charge in [-0.05, 0) is 24.3 Å². The summed E-state index contributed by atoms with van der Waals surface area (Å²) in [5, 5.41) is 3.03. The summed E-state index contributed by atoms with van der Waals surface area (Å²) in [6, 6.07) is 31.4. The monoisotopic (exact) mass is 550 g/mol. The maximum absolute atomic E-state index is 2.31. The Hall–Kier alpha value is -0.714. The average Bonchev–Trinajstić information content (AvgIpc) is 3.17. The first kappa shape index (κ1) is 26.5. The fraction of sp³-hybridized carbons (Fsp3) is 0.182. The van der Waals surface area contributed by atoms with E-state index in [-0.39, 0.29) is 43.1 Å². The summed E-state index contributed by atoms with van der Waals surface area (Å²) in [5.74, 6) is 0. The summed E-state index contributed by atoms with van der Waals surface area (Å²) < 4.78 is 0. The van der Waals surface area contributed by atoms with Gasteiger partial charge in [0.25, 0.3) is 0 Å². The fourth-order valence-electron chi connectivity index (χ4n) is 1.86. The molecule has 0 atom stereocenters. The third-order valence-corrected chi connectivity index (χ3v) is 6.23. The maximum Gasteiger partial charge on any atom is 6.00 e. The molecule has 0 spiro atoms. The molecule has 132 valence electrons. The molecule has 0 heterocycles. The predicted octanol–water partition coefficient (Wildman–Crippen LogP) is 5.42. The van der Waals surface area contributed by atoms with Gasteiger partial charge in [-0.15, -0.1) is 0 Å². The first-order valence-electron chi connectivity index (χ1n) is 7.99. The van der Waals surface area contributed by atoms with Gasteiger partial charge in [0.2, 0.25) is 0 Å². The molecule has 0 aliphatic rings. The Morgan fingerprint density at radius 3 is 1.04 bits per heavy atom. The van der Waals surface area contributed by atoms with Gasteiger partial charge in [0, 0.05) is 15.8 Å². The van der Waals surface area contributed by atoms with Crippen LogP contribution in [0, 0.1) is 7.43 Å². The van der Waals surface area contributed by atoms with Gasteiger partial charge in [0.15, 0.2) is 0 Å². The van der Waals surface area contributed by atoms with E-state index in [0.717, 1.165) is 0 Å². The normalized spacial score (nSPS) is 8.88. The second-order valence-electron chi connectivity index (χ2n) is 5.69. The van der Waals surface area contributed by atoms with Crippen molar-refractivity contribution in [3.63, 3.8) is 0 Å². The Morgan fingerprint density at radius 2 is 0.880 bits per heavy atom. The molecule has 25 heavy (non-hydrogen) atoms. The van der Waals surface area contributed by atoms with Crippen molar-refractivity contribution in [3.8, 4) is 0 Å². The van der Waals surface area contributed by atoms with Crippen LogP contribution in [0.3, 0.4) is 0 Å². The molecule has 0 fully saturated rings. The van der Waals surface area contributed by atoms with Crippen molar-refractivity contribution in [3.05, 3.63) is 98.4 Å². The standard InChI is InChI=1S/2C8H11P.C5H5.CH3.Os/c2*1-9(2)8-6-4-3-5-7-8;1-2-4-5-3-1;;/h2*3-7H,1-2H3;1-5H;1H3;/q;;2*-1;+6/p+2. The van der Waals surface area contributed by atoms with Crippen LogP contribution in [0.4, 0.5) is 0 Å². The summed E-state index contributed by atoms with van der Waals surface area (Å²) in [7, 11) is -0.424. The first-order valence-corrected chi connectivity index (χ1v) is 13.0. The molecule has 3 aromatic carbocycles. The smallest absolute Gasteiger partial charge is 0.358 e. The molecule has 0 nitrogen and oxygen atoms in total. The molecule has 3 heteroatoms. The SMILES string of the molecule is C[PH+](C)c1ccccc1.C[PH+](C)c1ccccc1.[CH3-].[Os+6].c1cc[cH-]c1. The predicted molar refractivity (Wildman–Crippen MR) is 121 cm³/mol. The minimum absolute atomic E-state index is 0. The van der Waals surface area contributed by atoms with Crippen molar-refractivity contribution in [2.45, 2.75) is 0 Å². The Balaban J connectivity index is 0. The van der Waals surface area contributed by atoms with Crippen LogP contribution in [0.1, 0.15) is 0 Å². The van der Waals surface area contributed by atoms with Crippen LogP contribution in [0.15, 0.2) is 91.0 Å². The summed E-state index contributed by atoms with van der Waals surface area (Å²) in [5.41, 5.74) is 0. The molecule has 0 aromatic heterocycles. The van der Waals surface area contributed by atoms with Gasteiger partial charge >= 0.3 is 19.8 Å². The number of benzene rings is 2. The van der Waals surface area contributed by atoms with Crippen LogP contribution < -0.4 is 10.6 Å².